The number of aliphatic hydroxyl groups is 1. The third kappa shape index (κ3) is 43.3. The molecule has 0 aliphatic carbocycles. The van der Waals surface area contributed by atoms with Gasteiger partial charge in [0, 0.05) is 6.42 Å². The van der Waals surface area contributed by atoms with Crippen molar-refractivity contribution in [1.82, 2.24) is 5.32 Å². The molecular weight excluding hydrogens is 744 g/mol. The normalized spacial score (nSPS) is 14.3. The number of hydrogen-bond acceptors (Lipinski definition) is 5. The number of carbonyl (C=O) groups excluding carboxylic acids is 1. The largest absolute Gasteiger partial charge is 0.472 e. The summed E-state index contributed by atoms with van der Waals surface area (Å²) in [6.45, 7) is 4.62. The monoisotopic (exact) mass is 844 g/mol. The van der Waals surface area contributed by atoms with Crippen molar-refractivity contribution in [1.29, 1.82) is 0 Å². The molecule has 3 unspecified atom stereocenters. The third-order valence-electron chi connectivity index (χ3n) is 11.5. The molecule has 0 saturated heterocycles. The van der Waals surface area contributed by atoms with E-state index in [1.807, 2.05) is 34.1 Å². The molecule has 0 bridgehead atoms. The molecule has 0 saturated carbocycles. The first-order valence-electron chi connectivity index (χ1n) is 25.1. The van der Waals surface area contributed by atoms with Gasteiger partial charge < -0.3 is 19.8 Å². The Morgan fingerprint density at radius 2 is 0.914 bits per heavy atom. The Hall–Kier alpha value is -0.760. The van der Waals surface area contributed by atoms with Gasteiger partial charge in [-0.3, -0.25) is 13.8 Å². The summed E-state index contributed by atoms with van der Waals surface area (Å²) in [6, 6.07) is -0.837. The Morgan fingerprint density at radius 3 is 1.24 bits per heavy atom. The van der Waals surface area contributed by atoms with E-state index in [2.05, 4.69) is 12.2 Å². The van der Waals surface area contributed by atoms with Gasteiger partial charge in [-0.15, -0.1) is 0 Å². The second-order valence-corrected chi connectivity index (χ2v) is 20.0. The van der Waals surface area contributed by atoms with Crippen LogP contribution in [-0.4, -0.2) is 73.4 Å². The van der Waals surface area contributed by atoms with Crippen LogP contribution in [-0.2, 0) is 18.4 Å². The van der Waals surface area contributed by atoms with E-state index >= 15 is 0 Å². The summed E-state index contributed by atoms with van der Waals surface area (Å²) in [6.07, 6.45) is 49.9. The minimum absolute atomic E-state index is 0.0625. The van der Waals surface area contributed by atoms with Gasteiger partial charge in [-0.05, 0) is 12.8 Å². The van der Waals surface area contributed by atoms with Crippen LogP contribution in [0.15, 0.2) is 12.2 Å². The van der Waals surface area contributed by atoms with E-state index in [4.69, 9.17) is 9.05 Å². The van der Waals surface area contributed by atoms with Gasteiger partial charge >= 0.3 is 7.82 Å². The number of carbonyl (C=O) groups is 1. The fraction of sp³-hybridized carbons (Fsp3) is 0.939. The Balaban J connectivity index is 3.64. The van der Waals surface area contributed by atoms with E-state index in [1.165, 1.54) is 193 Å². The minimum atomic E-state index is -4.31. The maximum absolute atomic E-state index is 12.7. The van der Waals surface area contributed by atoms with E-state index in [1.54, 1.807) is 6.08 Å². The maximum atomic E-state index is 12.7. The van der Waals surface area contributed by atoms with Crippen LogP contribution in [0.3, 0.4) is 0 Å². The van der Waals surface area contributed by atoms with Crippen LogP contribution < -0.4 is 5.32 Å². The lowest BCUT2D eigenvalue weighted by Crippen LogP contribution is -2.45. The third-order valence-corrected chi connectivity index (χ3v) is 12.5. The van der Waals surface area contributed by atoms with Gasteiger partial charge in [-0.1, -0.05) is 238 Å². The zero-order valence-electron chi connectivity index (χ0n) is 39.3. The fourth-order valence-electron chi connectivity index (χ4n) is 7.52. The number of nitrogens with one attached hydrogen (secondary N) is 1. The average Bonchev–Trinajstić information content (AvgIpc) is 3.17. The van der Waals surface area contributed by atoms with E-state index in [0.29, 0.717) is 17.4 Å². The predicted octanol–water partition coefficient (Wildman–Crippen LogP) is 14.3. The number of phosphoric ester groups is 1. The van der Waals surface area contributed by atoms with Crippen molar-refractivity contribution in [2.24, 2.45) is 0 Å². The Morgan fingerprint density at radius 1 is 0.569 bits per heavy atom. The van der Waals surface area contributed by atoms with Crippen LogP contribution in [0.2, 0.25) is 0 Å². The SMILES string of the molecule is CCC/C=C/C(O)C(COP(=O)(O)OCC[N+](C)(C)C)NC(=O)CCCCCCCCCCCCCCCCCCCCCCCCCCCCCCCCCCC. The molecule has 9 heteroatoms. The molecule has 346 valence electrons. The van der Waals surface area contributed by atoms with E-state index in [0.717, 1.165) is 32.1 Å². The molecule has 3 N–H and O–H groups in total. The quantitative estimate of drug-likeness (QED) is 0.0244. The lowest BCUT2D eigenvalue weighted by atomic mass is 10.0. The van der Waals surface area contributed by atoms with Crippen molar-refractivity contribution in [2.75, 3.05) is 40.9 Å². The second kappa shape index (κ2) is 41.6. The fourth-order valence-corrected chi connectivity index (χ4v) is 8.26. The Bertz CT molecular complexity index is 958. The van der Waals surface area contributed by atoms with Crippen molar-refractivity contribution < 1.29 is 32.9 Å². The molecule has 3 atom stereocenters. The van der Waals surface area contributed by atoms with E-state index < -0.39 is 20.0 Å². The van der Waals surface area contributed by atoms with Crippen LogP contribution in [0.5, 0.6) is 0 Å². The number of allylic oxidation sites excluding steroid dienone is 1. The first-order chi connectivity index (χ1) is 28.0. The summed E-state index contributed by atoms with van der Waals surface area (Å²) in [5.74, 6) is -0.184. The van der Waals surface area contributed by atoms with Gasteiger partial charge in [0.25, 0.3) is 0 Å². The number of aliphatic hydroxyl groups excluding tert-OH is 1. The lowest BCUT2D eigenvalue weighted by molar-refractivity contribution is -0.870. The Kier molecular flexibility index (Phi) is 41.0. The lowest BCUT2D eigenvalue weighted by Gasteiger charge is -2.25. The second-order valence-electron chi connectivity index (χ2n) is 18.6. The summed E-state index contributed by atoms with van der Waals surface area (Å²) in [4.78, 5) is 22.8. The van der Waals surface area contributed by atoms with Gasteiger partial charge in [0.05, 0.1) is 39.9 Å². The van der Waals surface area contributed by atoms with Crippen molar-refractivity contribution in [3.63, 3.8) is 0 Å². The van der Waals surface area contributed by atoms with Gasteiger partial charge in [0.2, 0.25) is 5.91 Å². The van der Waals surface area contributed by atoms with E-state index in [-0.39, 0.29) is 19.1 Å². The number of likely N-dealkylation sites (N-methyl/N-ethyl adjacent to an activating group) is 1. The molecule has 0 aliphatic heterocycles. The van der Waals surface area contributed by atoms with E-state index in [9.17, 15) is 19.4 Å². The first kappa shape index (κ1) is 57.2. The minimum Gasteiger partial charge on any atom is -0.387 e. The highest BCUT2D eigenvalue weighted by atomic mass is 31.2. The molecule has 0 heterocycles. The smallest absolute Gasteiger partial charge is 0.387 e. The average molecular weight is 844 g/mol. The maximum Gasteiger partial charge on any atom is 0.472 e. The number of amides is 1. The van der Waals surface area contributed by atoms with Crippen LogP contribution in [0.4, 0.5) is 0 Å². The van der Waals surface area contributed by atoms with Crippen LogP contribution >= 0.6 is 7.82 Å². The number of quaternary nitrogens is 1. The molecule has 0 aromatic heterocycles. The van der Waals surface area contributed by atoms with Gasteiger partial charge in [-0.25, -0.2) is 4.57 Å². The molecule has 0 spiro atoms. The highest BCUT2D eigenvalue weighted by Crippen LogP contribution is 2.43. The van der Waals surface area contributed by atoms with Gasteiger partial charge in [-0.2, -0.15) is 0 Å². The van der Waals surface area contributed by atoms with Crippen molar-refractivity contribution in [3.8, 4) is 0 Å². The van der Waals surface area contributed by atoms with Crippen molar-refractivity contribution in [3.05, 3.63) is 12.2 Å². The summed E-state index contributed by atoms with van der Waals surface area (Å²) in [5, 5.41) is 13.5. The molecule has 1 amide bonds. The standard InChI is InChI=1S/C49H99N2O6P/c1-6-8-10-11-12-13-14-15-16-17-18-19-20-21-22-23-24-25-26-27-28-29-30-31-32-33-34-35-36-37-38-39-41-43-49(53)50-47(48(52)42-40-9-7-2)46-57-58(54,55)56-45-44-51(3,4)5/h40,42,47-48,52H,6-39,41,43-46H2,1-5H3,(H-,50,53,54,55)/p+1/b42-40+. The number of phosphoric acid groups is 1. The molecule has 58 heavy (non-hydrogen) atoms. The zero-order valence-corrected chi connectivity index (χ0v) is 40.2. The van der Waals surface area contributed by atoms with Crippen LogP contribution in [0, 0.1) is 0 Å². The van der Waals surface area contributed by atoms with Gasteiger partial charge in [0.1, 0.15) is 13.2 Å². The molecule has 8 nitrogen and oxygen atoms in total. The number of nitrogens with zero attached hydrogens (tertiary/aromatic N) is 1. The predicted molar refractivity (Wildman–Crippen MR) is 249 cm³/mol. The molecule has 0 aromatic carbocycles. The first-order valence-corrected chi connectivity index (χ1v) is 26.6. The molecular formula is C49H100N2O6P+. The highest BCUT2D eigenvalue weighted by Gasteiger charge is 2.27. The summed E-state index contributed by atoms with van der Waals surface area (Å²) >= 11 is 0. The van der Waals surface area contributed by atoms with Gasteiger partial charge in [0.15, 0.2) is 0 Å². The van der Waals surface area contributed by atoms with Crippen LogP contribution in [0.1, 0.15) is 245 Å². The van der Waals surface area contributed by atoms with Crippen molar-refractivity contribution in [2.45, 2.75) is 257 Å². The number of unbranched alkanes of at least 4 members (excludes halogenated alkanes) is 33. The molecule has 0 radical (unpaired) electrons. The Labute approximate surface area is 361 Å². The molecule has 0 rings (SSSR count). The summed E-state index contributed by atoms with van der Waals surface area (Å²) in [5.41, 5.74) is 0. The molecule has 0 aliphatic rings. The van der Waals surface area contributed by atoms with Crippen LogP contribution in [0.25, 0.3) is 0 Å². The molecule has 0 fully saturated rings. The summed E-state index contributed by atoms with van der Waals surface area (Å²) in [7, 11) is 1.57. The highest BCUT2D eigenvalue weighted by molar-refractivity contribution is 7.47. The topological polar surface area (TPSA) is 105 Å². The number of hydrogen-bond donors (Lipinski definition) is 3. The number of rotatable bonds is 46. The van der Waals surface area contributed by atoms with Crippen molar-refractivity contribution >= 4 is 13.7 Å². The molecule has 0 aromatic rings. The summed E-state index contributed by atoms with van der Waals surface area (Å²) < 4.78 is 23.2. The zero-order chi connectivity index (χ0) is 42.8.